The summed E-state index contributed by atoms with van der Waals surface area (Å²) in [6.07, 6.45) is 1.96. The van der Waals surface area contributed by atoms with Gasteiger partial charge in [-0.2, -0.15) is 0 Å². The van der Waals surface area contributed by atoms with Crippen LogP contribution in [0.5, 0.6) is 0 Å². The molecule has 20 heavy (non-hydrogen) atoms. The van der Waals surface area contributed by atoms with Crippen LogP contribution in [-0.4, -0.2) is 23.4 Å². The minimum absolute atomic E-state index is 0.00472. The van der Waals surface area contributed by atoms with E-state index < -0.39 is 4.92 Å². The van der Waals surface area contributed by atoms with E-state index in [4.69, 9.17) is 0 Å². The van der Waals surface area contributed by atoms with Crippen molar-refractivity contribution in [2.75, 3.05) is 6.54 Å². The molecule has 1 fully saturated rings. The Balaban J connectivity index is 1.85. The molecule has 108 valence electrons. The largest absolute Gasteiger partial charge is 0.351 e. The number of nitrogens with zero attached hydrogens (tertiary/aromatic N) is 1. The summed E-state index contributed by atoms with van der Waals surface area (Å²) in [4.78, 5) is 22.1. The molecule has 1 aromatic rings. The van der Waals surface area contributed by atoms with Gasteiger partial charge in [0.15, 0.2) is 0 Å². The molecule has 1 aliphatic heterocycles. The van der Waals surface area contributed by atoms with E-state index >= 15 is 0 Å². The maximum absolute atomic E-state index is 12.0. The van der Waals surface area contributed by atoms with Crippen LogP contribution in [0.2, 0.25) is 0 Å². The van der Waals surface area contributed by atoms with Crippen LogP contribution in [0.15, 0.2) is 24.3 Å². The quantitative estimate of drug-likeness (QED) is 0.646. The van der Waals surface area contributed by atoms with Crippen molar-refractivity contribution in [2.24, 2.45) is 5.92 Å². The van der Waals surface area contributed by atoms with Gasteiger partial charge in [0.25, 0.3) is 5.69 Å². The summed E-state index contributed by atoms with van der Waals surface area (Å²) in [5.74, 6) is 0.557. The zero-order chi connectivity index (χ0) is 14.5. The molecule has 2 rings (SSSR count). The van der Waals surface area contributed by atoms with Crippen molar-refractivity contribution in [2.45, 2.75) is 32.4 Å². The van der Waals surface area contributed by atoms with Crippen molar-refractivity contribution in [3.05, 3.63) is 39.9 Å². The lowest BCUT2D eigenvalue weighted by Crippen LogP contribution is -2.48. The van der Waals surface area contributed by atoms with Crippen molar-refractivity contribution in [1.29, 1.82) is 0 Å². The summed E-state index contributed by atoms with van der Waals surface area (Å²) in [6, 6.07) is 6.09. The van der Waals surface area contributed by atoms with E-state index in [0.717, 1.165) is 24.9 Å². The maximum atomic E-state index is 12.0. The van der Waals surface area contributed by atoms with Gasteiger partial charge in [-0.1, -0.05) is 19.1 Å². The number of nitrogens with one attached hydrogen (secondary N) is 2. The molecule has 2 atom stereocenters. The highest BCUT2D eigenvalue weighted by Crippen LogP contribution is 2.15. The molecule has 6 nitrogen and oxygen atoms in total. The molecular formula is C14H19N3O3. The van der Waals surface area contributed by atoms with Crippen molar-refractivity contribution in [3.63, 3.8) is 0 Å². The molecule has 0 radical (unpaired) electrons. The first-order chi connectivity index (χ1) is 9.56. The molecule has 2 unspecified atom stereocenters. The second-order valence-corrected chi connectivity index (χ2v) is 5.28. The van der Waals surface area contributed by atoms with Gasteiger partial charge in [0.1, 0.15) is 0 Å². The highest BCUT2D eigenvalue weighted by atomic mass is 16.6. The smallest absolute Gasteiger partial charge is 0.269 e. The minimum Gasteiger partial charge on any atom is -0.351 e. The Labute approximate surface area is 117 Å². The van der Waals surface area contributed by atoms with Crippen molar-refractivity contribution >= 4 is 11.6 Å². The Kier molecular flexibility index (Phi) is 4.68. The van der Waals surface area contributed by atoms with E-state index in [2.05, 4.69) is 17.6 Å². The molecule has 1 heterocycles. The average Bonchev–Trinajstić information content (AvgIpc) is 2.45. The molecule has 6 heteroatoms. The number of piperidine rings is 1. The lowest BCUT2D eigenvalue weighted by molar-refractivity contribution is -0.384. The summed E-state index contributed by atoms with van der Waals surface area (Å²) in [7, 11) is 0. The molecule has 2 N–H and O–H groups in total. The third-order valence-corrected chi connectivity index (χ3v) is 3.60. The number of hydrogen-bond acceptors (Lipinski definition) is 4. The van der Waals surface area contributed by atoms with Gasteiger partial charge in [0.2, 0.25) is 5.91 Å². The van der Waals surface area contributed by atoms with Crippen molar-refractivity contribution in [3.8, 4) is 0 Å². The molecule has 0 aliphatic carbocycles. The van der Waals surface area contributed by atoms with Crippen LogP contribution < -0.4 is 10.6 Å². The number of amides is 1. The molecule has 0 spiro atoms. The molecule has 0 saturated carbocycles. The van der Waals surface area contributed by atoms with Gasteiger partial charge in [0.05, 0.1) is 11.0 Å². The van der Waals surface area contributed by atoms with Crippen LogP contribution in [0, 0.1) is 16.0 Å². The SMILES string of the molecule is CC1CCNC(C(=O)NCc2ccc([N+](=O)[O-])cc2)C1. The first kappa shape index (κ1) is 14.5. The van der Waals surface area contributed by atoms with Gasteiger partial charge in [0, 0.05) is 18.7 Å². The maximum Gasteiger partial charge on any atom is 0.269 e. The first-order valence-corrected chi connectivity index (χ1v) is 6.80. The lowest BCUT2D eigenvalue weighted by atomic mass is 9.94. The summed E-state index contributed by atoms with van der Waals surface area (Å²) < 4.78 is 0. The number of hydrogen-bond donors (Lipinski definition) is 2. The minimum atomic E-state index is -0.435. The fourth-order valence-electron chi connectivity index (χ4n) is 2.36. The normalized spacial score (nSPS) is 22.2. The standard InChI is InChI=1S/C14H19N3O3/c1-10-6-7-15-13(8-10)14(18)16-9-11-2-4-12(5-3-11)17(19)20/h2-5,10,13,15H,6-9H2,1H3,(H,16,18). The van der Waals surface area contributed by atoms with Gasteiger partial charge in [-0.15, -0.1) is 0 Å². The summed E-state index contributed by atoms with van der Waals surface area (Å²) in [5.41, 5.74) is 0.913. The van der Waals surface area contributed by atoms with E-state index in [1.807, 2.05) is 0 Å². The molecule has 1 aliphatic rings. The Morgan fingerprint density at radius 3 is 2.75 bits per heavy atom. The second-order valence-electron chi connectivity index (χ2n) is 5.28. The van der Waals surface area contributed by atoms with E-state index in [0.29, 0.717) is 12.5 Å². The zero-order valence-corrected chi connectivity index (χ0v) is 11.5. The average molecular weight is 277 g/mol. The van der Waals surface area contributed by atoms with Gasteiger partial charge in [-0.25, -0.2) is 0 Å². The summed E-state index contributed by atoms with van der Waals surface area (Å²) in [5, 5.41) is 16.6. The van der Waals surface area contributed by atoms with Crippen LogP contribution in [0.4, 0.5) is 5.69 Å². The van der Waals surface area contributed by atoms with Gasteiger partial charge >= 0.3 is 0 Å². The lowest BCUT2D eigenvalue weighted by Gasteiger charge is -2.27. The van der Waals surface area contributed by atoms with Crippen LogP contribution in [0.3, 0.4) is 0 Å². The second kappa shape index (κ2) is 6.47. The summed E-state index contributed by atoms with van der Waals surface area (Å²) in [6.45, 7) is 3.41. The highest BCUT2D eigenvalue weighted by Gasteiger charge is 2.24. The van der Waals surface area contributed by atoms with Crippen molar-refractivity contribution in [1.82, 2.24) is 10.6 Å². The Bertz CT molecular complexity index is 487. The number of carbonyl (C=O) groups is 1. The molecular weight excluding hydrogens is 258 g/mol. The van der Waals surface area contributed by atoms with Crippen LogP contribution in [0.25, 0.3) is 0 Å². The molecule has 0 bridgehead atoms. The fourth-order valence-corrected chi connectivity index (χ4v) is 2.36. The van der Waals surface area contributed by atoms with E-state index in [9.17, 15) is 14.9 Å². The number of rotatable bonds is 4. The van der Waals surface area contributed by atoms with Gasteiger partial charge < -0.3 is 10.6 Å². The van der Waals surface area contributed by atoms with Crippen LogP contribution in [-0.2, 0) is 11.3 Å². The van der Waals surface area contributed by atoms with Gasteiger partial charge in [-0.05, 0) is 30.9 Å². The zero-order valence-electron chi connectivity index (χ0n) is 11.5. The third-order valence-electron chi connectivity index (χ3n) is 3.60. The van der Waals surface area contributed by atoms with Gasteiger partial charge in [-0.3, -0.25) is 14.9 Å². The monoisotopic (exact) mass is 277 g/mol. The molecule has 1 saturated heterocycles. The van der Waals surface area contributed by atoms with E-state index in [1.165, 1.54) is 12.1 Å². The molecule has 0 aromatic heterocycles. The third kappa shape index (κ3) is 3.77. The predicted molar refractivity (Wildman–Crippen MR) is 75.1 cm³/mol. The number of nitro groups is 1. The van der Waals surface area contributed by atoms with Crippen LogP contribution >= 0.6 is 0 Å². The van der Waals surface area contributed by atoms with Crippen molar-refractivity contribution < 1.29 is 9.72 Å². The number of carbonyl (C=O) groups excluding carboxylic acids is 1. The Hall–Kier alpha value is -1.95. The fraction of sp³-hybridized carbons (Fsp3) is 0.500. The molecule has 1 aromatic carbocycles. The molecule has 1 amide bonds. The number of non-ortho nitro benzene ring substituents is 1. The Morgan fingerprint density at radius 2 is 2.15 bits per heavy atom. The Morgan fingerprint density at radius 1 is 1.45 bits per heavy atom. The number of benzene rings is 1. The first-order valence-electron chi connectivity index (χ1n) is 6.80. The van der Waals surface area contributed by atoms with E-state index in [1.54, 1.807) is 12.1 Å². The van der Waals surface area contributed by atoms with E-state index in [-0.39, 0.29) is 17.6 Å². The topological polar surface area (TPSA) is 84.3 Å². The number of nitro benzene ring substituents is 1. The van der Waals surface area contributed by atoms with Crippen LogP contribution in [0.1, 0.15) is 25.3 Å². The highest BCUT2D eigenvalue weighted by molar-refractivity contribution is 5.81. The predicted octanol–water partition coefficient (Wildman–Crippen LogP) is 1.60. The summed E-state index contributed by atoms with van der Waals surface area (Å²) >= 11 is 0.